The third-order valence-electron chi connectivity index (χ3n) is 4.58. The predicted octanol–water partition coefficient (Wildman–Crippen LogP) is 1.91. The highest BCUT2D eigenvalue weighted by Crippen LogP contribution is 2.34. The number of morpholine rings is 1. The Labute approximate surface area is 135 Å². The van der Waals surface area contributed by atoms with Crippen molar-refractivity contribution in [2.24, 2.45) is 0 Å². The van der Waals surface area contributed by atoms with Gasteiger partial charge in [0, 0.05) is 25.7 Å². The van der Waals surface area contributed by atoms with Gasteiger partial charge >= 0.3 is 5.69 Å². The Morgan fingerprint density at radius 3 is 2.61 bits per heavy atom. The zero-order valence-corrected chi connectivity index (χ0v) is 13.7. The van der Waals surface area contributed by atoms with Crippen LogP contribution in [0.1, 0.15) is 31.9 Å². The maximum atomic E-state index is 11.5. The molecule has 1 atom stereocenters. The highest BCUT2D eigenvalue weighted by molar-refractivity contribution is 5.63. The van der Waals surface area contributed by atoms with E-state index in [4.69, 9.17) is 4.74 Å². The minimum Gasteiger partial charge on any atom is -0.378 e. The van der Waals surface area contributed by atoms with Crippen molar-refractivity contribution in [2.45, 2.75) is 39.2 Å². The van der Waals surface area contributed by atoms with Crippen molar-refractivity contribution in [3.05, 3.63) is 15.8 Å². The second-order valence-electron chi connectivity index (χ2n) is 6.18. The molecule has 1 aromatic rings. The van der Waals surface area contributed by atoms with Gasteiger partial charge in [0.2, 0.25) is 11.8 Å². The average Bonchev–Trinajstić information content (AvgIpc) is 2.55. The summed E-state index contributed by atoms with van der Waals surface area (Å²) < 4.78 is 5.36. The number of nitrogens with zero attached hydrogens (tertiary/aromatic N) is 5. The van der Waals surface area contributed by atoms with Crippen molar-refractivity contribution in [1.29, 1.82) is 0 Å². The summed E-state index contributed by atoms with van der Waals surface area (Å²) in [4.78, 5) is 24.3. The molecule has 8 heteroatoms. The van der Waals surface area contributed by atoms with Crippen molar-refractivity contribution in [2.75, 3.05) is 42.6 Å². The summed E-state index contributed by atoms with van der Waals surface area (Å²) in [6, 6.07) is 0.259. The van der Waals surface area contributed by atoms with E-state index in [0.717, 1.165) is 25.8 Å². The van der Waals surface area contributed by atoms with E-state index < -0.39 is 0 Å². The molecule has 0 N–H and O–H groups in total. The van der Waals surface area contributed by atoms with Crippen LogP contribution in [-0.4, -0.2) is 53.8 Å². The monoisotopic (exact) mass is 321 g/mol. The van der Waals surface area contributed by atoms with E-state index >= 15 is 0 Å². The summed E-state index contributed by atoms with van der Waals surface area (Å²) in [5.74, 6) is 1.04. The Morgan fingerprint density at radius 1 is 1.22 bits per heavy atom. The Kier molecular flexibility index (Phi) is 4.61. The van der Waals surface area contributed by atoms with Gasteiger partial charge in [0.15, 0.2) is 0 Å². The smallest absolute Gasteiger partial charge is 0.332 e. The van der Waals surface area contributed by atoms with Crippen LogP contribution in [0.15, 0.2) is 0 Å². The Bertz CT molecular complexity index is 589. The largest absolute Gasteiger partial charge is 0.378 e. The first kappa shape index (κ1) is 15.9. The van der Waals surface area contributed by atoms with Gasteiger partial charge in [-0.25, -0.2) is 4.98 Å². The number of rotatable bonds is 3. The predicted molar refractivity (Wildman–Crippen MR) is 87.1 cm³/mol. The van der Waals surface area contributed by atoms with E-state index in [-0.39, 0.29) is 16.7 Å². The third-order valence-corrected chi connectivity index (χ3v) is 4.58. The minimum absolute atomic E-state index is 0.0377. The van der Waals surface area contributed by atoms with Gasteiger partial charge in [-0.15, -0.1) is 0 Å². The topological polar surface area (TPSA) is 84.6 Å². The van der Waals surface area contributed by atoms with E-state index in [1.807, 2.05) is 4.90 Å². The molecule has 0 unspecified atom stereocenters. The van der Waals surface area contributed by atoms with Gasteiger partial charge in [0.25, 0.3) is 0 Å². The van der Waals surface area contributed by atoms with Gasteiger partial charge < -0.3 is 14.5 Å². The Balaban J connectivity index is 2.02. The number of hydrogen-bond donors (Lipinski definition) is 0. The van der Waals surface area contributed by atoms with Gasteiger partial charge in [0.1, 0.15) is 5.69 Å². The molecule has 2 aliphatic heterocycles. The highest BCUT2D eigenvalue weighted by Gasteiger charge is 2.31. The fraction of sp³-hybridized carbons (Fsp3) is 0.733. The third kappa shape index (κ3) is 3.21. The minimum atomic E-state index is -0.352. The van der Waals surface area contributed by atoms with Crippen molar-refractivity contribution in [1.82, 2.24) is 9.97 Å². The highest BCUT2D eigenvalue weighted by atomic mass is 16.6. The van der Waals surface area contributed by atoms with Crippen LogP contribution in [0.4, 0.5) is 17.5 Å². The van der Waals surface area contributed by atoms with E-state index in [1.165, 1.54) is 0 Å². The van der Waals surface area contributed by atoms with Gasteiger partial charge in [-0.3, -0.25) is 10.1 Å². The lowest BCUT2D eigenvalue weighted by molar-refractivity contribution is -0.385. The number of ether oxygens (including phenoxy) is 1. The number of aromatic nitrogens is 2. The van der Waals surface area contributed by atoms with Gasteiger partial charge in [-0.05, 0) is 33.1 Å². The fourth-order valence-corrected chi connectivity index (χ4v) is 3.27. The van der Waals surface area contributed by atoms with Crippen LogP contribution < -0.4 is 9.80 Å². The first-order valence-electron chi connectivity index (χ1n) is 8.20. The Hall–Kier alpha value is -1.96. The lowest BCUT2D eigenvalue weighted by Gasteiger charge is -2.35. The summed E-state index contributed by atoms with van der Waals surface area (Å²) in [7, 11) is 0. The standard InChI is InChI=1S/C15H23N5O3/c1-11-5-3-4-6-19(11)14-13(20(21)22)12(2)16-15(17-14)18-7-9-23-10-8-18/h11H,3-10H2,1-2H3/t11-/m0/s1. The molecule has 3 rings (SSSR count). The van der Waals surface area contributed by atoms with Crippen LogP contribution in [-0.2, 0) is 4.74 Å². The SMILES string of the molecule is Cc1nc(N2CCOCC2)nc(N2CCCC[C@@H]2C)c1[N+](=O)[O-]. The number of aryl methyl sites for hydroxylation is 1. The molecule has 0 bridgehead atoms. The lowest BCUT2D eigenvalue weighted by Crippen LogP contribution is -2.40. The normalized spacial score (nSPS) is 22.3. The molecule has 8 nitrogen and oxygen atoms in total. The summed E-state index contributed by atoms with van der Waals surface area (Å²) >= 11 is 0. The molecule has 0 spiro atoms. The average molecular weight is 321 g/mol. The maximum Gasteiger partial charge on any atom is 0.332 e. The molecule has 126 valence electrons. The fourth-order valence-electron chi connectivity index (χ4n) is 3.27. The summed E-state index contributed by atoms with van der Waals surface area (Å²) in [5, 5.41) is 11.5. The molecule has 0 aliphatic carbocycles. The summed E-state index contributed by atoms with van der Waals surface area (Å²) in [6.45, 7) is 7.31. The van der Waals surface area contributed by atoms with E-state index in [2.05, 4.69) is 21.8 Å². The van der Waals surface area contributed by atoms with Crippen LogP contribution >= 0.6 is 0 Å². The van der Waals surface area contributed by atoms with Crippen LogP contribution in [0.2, 0.25) is 0 Å². The molecule has 2 fully saturated rings. The summed E-state index contributed by atoms with van der Waals surface area (Å²) in [6.07, 6.45) is 3.23. The van der Waals surface area contributed by atoms with Crippen molar-refractivity contribution < 1.29 is 9.66 Å². The van der Waals surface area contributed by atoms with E-state index in [0.29, 0.717) is 43.8 Å². The van der Waals surface area contributed by atoms with Gasteiger partial charge in [-0.2, -0.15) is 4.98 Å². The molecular weight excluding hydrogens is 298 g/mol. The first-order valence-corrected chi connectivity index (χ1v) is 8.20. The van der Waals surface area contributed by atoms with Crippen LogP contribution in [0.5, 0.6) is 0 Å². The molecule has 2 saturated heterocycles. The van der Waals surface area contributed by atoms with Gasteiger partial charge in [-0.1, -0.05) is 0 Å². The van der Waals surface area contributed by atoms with Crippen molar-refractivity contribution in [3.63, 3.8) is 0 Å². The Morgan fingerprint density at radius 2 is 1.96 bits per heavy atom. The molecule has 0 saturated carbocycles. The second kappa shape index (κ2) is 6.66. The maximum absolute atomic E-state index is 11.5. The van der Waals surface area contributed by atoms with Crippen molar-refractivity contribution in [3.8, 4) is 0 Å². The van der Waals surface area contributed by atoms with E-state index in [1.54, 1.807) is 6.92 Å². The van der Waals surface area contributed by atoms with Crippen molar-refractivity contribution >= 4 is 17.5 Å². The molecule has 0 amide bonds. The van der Waals surface area contributed by atoms with Gasteiger partial charge in [0.05, 0.1) is 18.1 Å². The molecule has 2 aliphatic rings. The first-order chi connectivity index (χ1) is 11.1. The molecular formula is C15H23N5O3. The molecule has 23 heavy (non-hydrogen) atoms. The molecule has 0 radical (unpaired) electrons. The quantitative estimate of drug-likeness (QED) is 0.621. The summed E-state index contributed by atoms with van der Waals surface area (Å²) in [5.41, 5.74) is 0.468. The van der Waals surface area contributed by atoms with Crippen LogP contribution in [0, 0.1) is 17.0 Å². The molecule has 3 heterocycles. The number of nitro groups is 1. The number of hydrogen-bond acceptors (Lipinski definition) is 7. The van der Waals surface area contributed by atoms with Crippen LogP contribution in [0.3, 0.4) is 0 Å². The number of piperidine rings is 1. The zero-order chi connectivity index (χ0) is 16.4. The number of anilines is 2. The van der Waals surface area contributed by atoms with Crippen LogP contribution in [0.25, 0.3) is 0 Å². The zero-order valence-electron chi connectivity index (χ0n) is 13.7. The second-order valence-corrected chi connectivity index (χ2v) is 6.18. The lowest BCUT2D eigenvalue weighted by atomic mass is 10.0. The molecule has 1 aromatic heterocycles. The molecule has 0 aromatic carbocycles. The van der Waals surface area contributed by atoms with E-state index in [9.17, 15) is 10.1 Å².